The molecule has 0 fully saturated rings. The minimum atomic E-state index is 1.05. The van der Waals surface area contributed by atoms with Crippen molar-refractivity contribution in [3.05, 3.63) is 199 Å². The molecule has 0 radical (unpaired) electrons. The van der Waals surface area contributed by atoms with Crippen LogP contribution < -0.4 is 0 Å². The van der Waals surface area contributed by atoms with Crippen molar-refractivity contribution in [2.75, 3.05) is 0 Å². The fourth-order valence-corrected chi connectivity index (χ4v) is 10.7. The molecule has 8 aromatic carbocycles. The minimum absolute atomic E-state index is 1.05. The maximum absolute atomic E-state index is 2.54. The van der Waals surface area contributed by atoms with E-state index in [9.17, 15) is 0 Å². The summed E-state index contributed by atoms with van der Waals surface area (Å²) in [4.78, 5) is 1.39. The van der Waals surface area contributed by atoms with E-state index in [1.165, 1.54) is 109 Å². The molecule has 268 valence electrons. The molecule has 3 heterocycles. The highest BCUT2D eigenvalue weighted by atomic mass is 32.1. The van der Waals surface area contributed by atoms with Crippen molar-refractivity contribution in [3.8, 4) is 44.8 Å². The molecule has 1 aliphatic rings. The number of benzene rings is 8. The van der Waals surface area contributed by atoms with E-state index in [0.29, 0.717) is 0 Å². The van der Waals surface area contributed by atoms with Gasteiger partial charge >= 0.3 is 0 Å². The van der Waals surface area contributed by atoms with Gasteiger partial charge in [0, 0.05) is 53.4 Å². The number of para-hydroxylation sites is 2. The molecule has 1 aliphatic carbocycles. The highest BCUT2D eigenvalue weighted by molar-refractivity contribution is 7.20. The molecule has 12 rings (SSSR count). The molecule has 0 atom stereocenters. The monoisotopic (exact) mass is 744 g/mol. The summed E-state index contributed by atoms with van der Waals surface area (Å²) in [7, 11) is 0. The highest BCUT2D eigenvalue weighted by Gasteiger charge is 2.25. The molecule has 0 unspecified atom stereocenters. The predicted octanol–water partition coefficient (Wildman–Crippen LogP) is 15.1. The summed E-state index contributed by atoms with van der Waals surface area (Å²) in [6.45, 7) is 0. The van der Waals surface area contributed by atoms with Crippen LogP contribution in [0.2, 0.25) is 0 Å². The molecule has 57 heavy (non-hydrogen) atoms. The van der Waals surface area contributed by atoms with Crippen LogP contribution >= 0.6 is 11.3 Å². The van der Waals surface area contributed by atoms with Gasteiger partial charge in [0.1, 0.15) is 0 Å². The summed E-state index contributed by atoms with van der Waals surface area (Å²) < 4.78 is 6.33. The first-order chi connectivity index (χ1) is 28.3. The van der Waals surface area contributed by atoms with E-state index in [2.05, 4.69) is 203 Å². The Balaban J connectivity index is 1.12. The fourth-order valence-electron chi connectivity index (χ4n) is 9.40. The van der Waals surface area contributed by atoms with Gasteiger partial charge in [-0.15, -0.1) is 11.3 Å². The third kappa shape index (κ3) is 5.02. The van der Waals surface area contributed by atoms with E-state index >= 15 is 0 Å². The Hall–Kier alpha value is -6.94. The van der Waals surface area contributed by atoms with Crippen LogP contribution in [0.4, 0.5) is 0 Å². The molecule has 0 bridgehead atoms. The van der Waals surface area contributed by atoms with Gasteiger partial charge in [-0.05, 0) is 107 Å². The second kappa shape index (κ2) is 12.8. The van der Waals surface area contributed by atoms with Crippen molar-refractivity contribution in [2.24, 2.45) is 0 Å². The van der Waals surface area contributed by atoms with E-state index < -0.39 is 0 Å². The van der Waals surface area contributed by atoms with Crippen LogP contribution in [0.25, 0.3) is 105 Å². The zero-order valence-corrected chi connectivity index (χ0v) is 32.0. The van der Waals surface area contributed by atoms with Crippen LogP contribution in [0.1, 0.15) is 16.9 Å². The summed E-state index contributed by atoms with van der Waals surface area (Å²) in [6, 6.07) is 66.9. The van der Waals surface area contributed by atoms with Gasteiger partial charge in [0.25, 0.3) is 0 Å². The average molecular weight is 745 g/mol. The van der Waals surface area contributed by atoms with Crippen molar-refractivity contribution in [2.45, 2.75) is 12.8 Å². The lowest BCUT2D eigenvalue weighted by atomic mass is 9.94. The van der Waals surface area contributed by atoms with Gasteiger partial charge in [0.2, 0.25) is 0 Å². The van der Waals surface area contributed by atoms with Crippen molar-refractivity contribution in [1.29, 1.82) is 0 Å². The standard InChI is InChI=1S/C54H36N2S/c1-3-15-35(16-4-1)37-19-13-21-40(31-37)55-48-26-10-7-23-42(48)46-33-39(29-30-50(46)55)45-34-47-43-24-8-11-27-49(43)56(41-22-14-20-38(32-41)36-17-5-2-6-18-36)53(47)52-44-25-9-12-28-51(44)57-54(45)52/h1-8,10-24,26-34H,9,25H2. The molecular weight excluding hydrogens is 709 g/mol. The normalized spacial score (nSPS) is 12.7. The number of hydrogen-bond donors (Lipinski definition) is 0. The maximum atomic E-state index is 2.54. The zero-order chi connectivity index (χ0) is 37.5. The summed E-state index contributed by atoms with van der Waals surface area (Å²) >= 11 is 1.96. The fraction of sp³-hybridized carbons (Fsp3) is 0.0370. The largest absolute Gasteiger partial charge is 0.309 e. The number of nitrogens with zero attached hydrogens (tertiary/aromatic N) is 2. The average Bonchev–Trinajstić information content (AvgIpc) is 3.94. The van der Waals surface area contributed by atoms with Crippen LogP contribution in [0, 0.1) is 0 Å². The van der Waals surface area contributed by atoms with E-state index in [1.54, 1.807) is 0 Å². The van der Waals surface area contributed by atoms with Gasteiger partial charge < -0.3 is 9.13 Å². The summed E-state index contributed by atoms with van der Waals surface area (Å²) in [5.74, 6) is 0. The number of rotatable bonds is 5. The van der Waals surface area contributed by atoms with E-state index in [0.717, 1.165) is 12.8 Å². The van der Waals surface area contributed by atoms with Gasteiger partial charge in [-0.2, -0.15) is 0 Å². The SMILES string of the molecule is C1=Cc2sc3c(-c4ccc5c(c4)c4ccccc4n5-c4cccc(-c5ccccc5)c4)cc4c5ccccc5n(-c5cccc(-c6ccccc6)c5)c4c3c2CC1. The lowest BCUT2D eigenvalue weighted by Gasteiger charge is -2.14. The molecule has 11 aromatic rings. The number of thiophene rings is 1. The lowest BCUT2D eigenvalue weighted by molar-refractivity contribution is 1.01. The Kier molecular flexibility index (Phi) is 7.26. The molecule has 0 aliphatic heterocycles. The molecule has 0 saturated carbocycles. The molecule has 0 N–H and O–H groups in total. The van der Waals surface area contributed by atoms with Crippen LogP contribution in [-0.4, -0.2) is 9.13 Å². The number of aryl methyl sites for hydroxylation is 1. The second-order valence-electron chi connectivity index (χ2n) is 15.2. The van der Waals surface area contributed by atoms with Crippen LogP contribution in [0.15, 0.2) is 188 Å². The summed E-state index contributed by atoms with van der Waals surface area (Å²) in [5.41, 5.74) is 16.2. The van der Waals surface area contributed by atoms with Crippen LogP contribution in [-0.2, 0) is 6.42 Å². The minimum Gasteiger partial charge on any atom is -0.309 e. The first kappa shape index (κ1) is 32.3. The Morgan fingerprint density at radius 1 is 0.421 bits per heavy atom. The predicted molar refractivity (Wildman–Crippen MR) is 244 cm³/mol. The summed E-state index contributed by atoms with van der Waals surface area (Å²) in [6.07, 6.45) is 6.82. The van der Waals surface area contributed by atoms with Gasteiger partial charge in [-0.1, -0.05) is 133 Å². The number of hydrogen-bond acceptors (Lipinski definition) is 1. The smallest absolute Gasteiger partial charge is 0.0631 e. The highest BCUT2D eigenvalue weighted by Crippen LogP contribution is 2.49. The second-order valence-corrected chi connectivity index (χ2v) is 16.2. The van der Waals surface area contributed by atoms with E-state index in [1.807, 2.05) is 11.3 Å². The lowest BCUT2D eigenvalue weighted by Crippen LogP contribution is -1.97. The molecule has 3 heteroatoms. The Bertz CT molecular complexity index is 3400. The van der Waals surface area contributed by atoms with Crippen molar-refractivity contribution >= 4 is 71.1 Å². The Morgan fingerprint density at radius 3 is 1.70 bits per heavy atom. The molecule has 2 nitrogen and oxygen atoms in total. The summed E-state index contributed by atoms with van der Waals surface area (Å²) in [5, 5.41) is 6.51. The molecule has 3 aromatic heterocycles. The topological polar surface area (TPSA) is 9.86 Å². The van der Waals surface area contributed by atoms with Gasteiger partial charge in [-0.3, -0.25) is 0 Å². The van der Waals surface area contributed by atoms with Gasteiger partial charge in [0.15, 0.2) is 0 Å². The number of fused-ring (bicyclic) bond motifs is 10. The maximum Gasteiger partial charge on any atom is 0.0631 e. The van der Waals surface area contributed by atoms with E-state index in [-0.39, 0.29) is 0 Å². The van der Waals surface area contributed by atoms with Crippen molar-refractivity contribution in [1.82, 2.24) is 9.13 Å². The Labute approximate surface area is 334 Å². The molecule has 0 saturated heterocycles. The first-order valence-electron chi connectivity index (χ1n) is 19.8. The molecule has 0 amide bonds. The van der Waals surface area contributed by atoms with Crippen LogP contribution in [0.5, 0.6) is 0 Å². The number of allylic oxidation sites excluding steroid dienone is 1. The van der Waals surface area contributed by atoms with Gasteiger partial charge in [-0.25, -0.2) is 0 Å². The third-order valence-electron chi connectivity index (χ3n) is 12.0. The molecule has 0 spiro atoms. The molecular formula is C54H36N2S. The quantitative estimate of drug-likeness (QED) is 0.166. The van der Waals surface area contributed by atoms with Crippen molar-refractivity contribution in [3.63, 3.8) is 0 Å². The zero-order valence-electron chi connectivity index (χ0n) is 31.2. The van der Waals surface area contributed by atoms with Gasteiger partial charge in [0.05, 0.1) is 22.1 Å². The van der Waals surface area contributed by atoms with Crippen LogP contribution in [0.3, 0.4) is 0 Å². The van der Waals surface area contributed by atoms with E-state index in [4.69, 9.17) is 0 Å². The number of aromatic nitrogens is 2. The third-order valence-corrected chi connectivity index (χ3v) is 13.2. The van der Waals surface area contributed by atoms with Crippen molar-refractivity contribution < 1.29 is 0 Å². The first-order valence-corrected chi connectivity index (χ1v) is 20.6. The Morgan fingerprint density at radius 2 is 1.00 bits per heavy atom.